The molecule has 0 bridgehead atoms. The Labute approximate surface area is 128 Å². The monoisotopic (exact) mass is 292 g/mol. The first kappa shape index (κ1) is 17.4. The van der Waals surface area contributed by atoms with Gasteiger partial charge in [0, 0.05) is 29.9 Å². The van der Waals surface area contributed by atoms with Gasteiger partial charge in [0.1, 0.15) is 5.82 Å². The van der Waals surface area contributed by atoms with Crippen molar-refractivity contribution in [2.75, 3.05) is 32.5 Å². The lowest BCUT2D eigenvalue weighted by Crippen LogP contribution is -2.48. The van der Waals surface area contributed by atoms with Gasteiger partial charge >= 0.3 is 0 Å². The number of likely N-dealkylation sites (N-methyl/N-ethyl adjacent to an activating group) is 1. The third kappa shape index (κ3) is 5.34. The van der Waals surface area contributed by atoms with Crippen LogP contribution in [-0.4, -0.2) is 48.5 Å². The number of nitrogens with one attached hydrogen (secondary N) is 2. The molecule has 0 radical (unpaired) electrons. The van der Waals surface area contributed by atoms with E-state index in [1.165, 1.54) is 0 Å². The fourth-order valence-corrected chi connectivity index (χ4v) is 1.70. The van der Waals surface area contributed by atoms with E-state index in [9.17, 15) is 4.79 Å². The summed E-state index contributed by atoms with van der Waals surface area (Å²) in [5.74, 6) is 0.698. The van der Waals surface area contributed by atoms with Crippen molar-refractivity contribution in [3.05, 3.63) is 23.4 Å². The van der Waals surface area contributed by atoms with Crippen molar-refractivity contribution in [2.24, 2.45) is 0 Å². The van der Waals surface area contributed by atoms with Crippen molar-refractivity contribution in [1.82, 2.24) is 15.2 Å². The van der Waals surface area contributed by atoms with Crippen LogP contribution in [0.1, 0.15) is 43.2 Å². The maximum absolute atomic E-state index is 12.3. The van der Waals surface area contributed by atoms with Gasteiger partial charge in [0.15, 0.2) is 0 Å². The van der Waals surface area contributed by atoms with E-state index in [-0.39, 0.29) is 11.4 Å². The average molecular weight is 292 g/mol. The molecule has 1 heterocycles. The zero-order valence-electron chi connectivity index (χ0n) is 14.1. The molecular formula is C16H28N4O. The molecule has 0 fully saturated rings. The van der Waals surface area contributed by atoms with E-state index in [0.717, 1.165) is 24.5 Å². The van der Waals surface area contributed by atoms with Gasteiger partial charge in [0.05, 0.1) is 0 Å². The van der Waals surface area contributed by atoms with Crippen molar-refractivity contribution in [3.63, 3.8) is 0 Å². The Bertz CT molecular complexity index is 483. The van der Waals surface area contributed by atoms with Gasteiger partial charge in [0.2, 0.25) is 0 Å². The number of carbonyl (C=O) groups is 1. The summed E-state index contributed by atoms with van der Waals surface area (Å²) in [6.07, 6.45) is 1.02. The van der Waals surface area contributed by atoms with Crippen LogP contribution in [0.4, 0.5) is 5.82 Å². The number of anilines is 1. The highest BCUT2D eigenvalue weighted by Crippen LogP contribution is 2.12. The fraction of sp³-hybridized carbons (Fsp3) is 0.625. The summed E-state index contributed by atoms with van der Waals surface area (Å²) in [6.45, 7) is 9.64. The molecule has 0 saturated carbocycles. The Kier molecular flexibility index (Phi) is 6.15. The van der Waals surface area contributed by atoms with Crippen molar-refractivity contribution in [1.29, 1.82) is 0 Å². The third-order valence-electron chi connectivity index (χ3n) is 3.66. The number of aryl methyl sites for hydroxylation is 1. The van der Waals surface area contributed by atoms with Gasteiger partial charge in [-0.05, 0) is 53.4 Å². The molecule has 0 spiro atoms. The van der Waals surface area contributed by atoms with Crippen LogP contribution < -0.4 is 10.6 Å². The highest BCUT2D eigenvalue weighted by atomic mass is 16.1. The molecule has 0 saturated heterocycles. The second kappa shape index (κ2) is 7.41. The number of amides is 1. The molecule has 2 N–H and O–H groups in total. The number of carbonyl (C=O) groups excluding carboxylic acids is 1. The van der Waals surface area contributed by atoms with E-state index >= 15 is 0 Å². The van der Waals surface area contributed by atoms with E-state index in [4.69, 9.17) is 0 Å². The number of pyridine rings is 1. The molecule has 1 rings (SSSR count). The van der Waals surface area contributed by atoms with Crippen LogP contribution in [-0.2, 0) is 0 Å². The van der Waals surface area contributed by atoms with Crippen LogP contribution >= 0.6 is 0 Å². The number of nitrogens with zero attached hydrogens (tertiary/aromatic N) is 2. The molecule has 0 unspecified atom stereocenters. The van der Waals surface area contributed by atoms with Crippen LogP contribution in [0, 0.1) is 6.92 Å². The molecule has 0 aromatic carbocycles. The van der Waals surface area contributed by atoms with Crippen LogP contribution in [0.15, 0.2) is 12.1 Å². The van der Waals surface area contributed by atoms with Gasteiger partial charge in [-0.25, -0.2) is 4.98 Å². The molecule has 1 aromatic heterocycles. The molecule has 0 aliphatic heterocycles. The maximum atomic E-state index is 12.3. The summed E-state index contributed by atoms with van der Waals surface area (Å²) in [5.41, 5.74) is 1.41. The number of aromatic nitrogens is 1. The summed E-state index contributed by atoms with van der Waals surface area (Å²) < 4.78 is 0. The lowest BCUT2D eigenvalue weighted by molar-refractivity contribution is 0.0919. The Morgan fingerprint density at radius 1 is 1.33 bits per heavy atom. The third-order valence-corrected chi connectivity index (χ3v) is 3.66. The maximum Gasteiger partial charge on any atom is 0.251 e. The minimum absolute atomic E-state index is 0.0602. The van der Waals surface area contributed by atoms with Gasteiger partial charge < -0.3 is 15.5 Å². The van der Waals surface area contributed by atoms with Crippen LogP contribution in [0.25, 0.3) is 0 Å². The second-order valence-corrected chi connectivity index (χ2v) is 6.20. The first-order valence-corrected chi connectivity index (χ1v) is 7.44. The van der Waals surface area contributed by atoms with Crippen molar-refractivity contribution >= 4 is 11.7 Å². The minimum Gasteiger partial charge on any atom is -0.370 e. The zero-order valence-corrected chi connectivity index (χ0v) is 14.1. The molecule has 0 aliphatic rings. The minimum atomic E-state index is -0.0823. The molecular weight excluding hydrogens is 264 g/mol. The summed E-state index contributed by atoms with van der Waals surface area (Å²) >= 11 is 0. The van der Waals surface area contributed by atoms with E-state index in [1.807, 2.05) is 27.1 Å². The lowest BCUT2D eigenvalue weighted by atomic mass is 10.0. The predicted octanol–water partition coefficient (Wildman–Crippen LogP) is 2.28. The lowest BCUT2D eigenvalue weighted by Gasteiger charge is -2.32. The first-order chi connectivity index (χ1) is 9.76. The molecule has 1 aromatic rings. The van der Waals surface area contributed by atoms with Gasteiger partial charge in [-0.2, -0.15) is 0 Å². The fourth-order valence-electron chi connectivity index (χ4n) is 1.70. The van der Waals surface area contributed by atoms with Crippen molar-refractivity contribution in [3.8, 4) is 0 Å². The predicted molar refractivity (Wildman–Crippen MR) is 87.9 cm³/mol. The topological polar surface area (TPSA) is 57.3 Å². The quantitative estimate of drug-likeness (QED) is 0.809. The SMILES string of the molecule is CCCNc1cc(C(=O)NCC(C)(C)N(C)C)cc(C)n1. The summed E-state index contributed by atoms with van der Waals surface area (Å²) in [4.78, 5) is 18.8. The Balaban J connectivity index is 2.76. The number of hydrogen-bond donors (Lipinski definition) is 2. The Morgan fingerprint density at radius 3 is 2.57 bits per heavy atom. The van der Waals surface area contributed by atoms with Gasteiger partial charge in [-0.1, -0.05) is 6.92 Å². The van der Waals surface area contributed by atoms with Gasteiger partial charge in [-0.3, -0.25) is 4.79 Å². The van der Waals surface area contributed by atoms with Crippen LogP contribution in [0.3, 0.4) is 0 Å². The highest BCUT2D eigenvalue weighted by molar-refractivity contribution is 5.95. The van der Waals surface area contributed by atoms with Crippen molar-refractivity contribution < 1.29 is 4.79 Å². The van der Waals surface area contributed by atoms with Crippen molar-refractivity contribution in [2.45, 2.75) is 39.7 Å². The van der Waals surface area contributed by atoms with E-state index in [2.05, 4.69) is 41.3 Å². The van der Waals surface area contributed by atoms with E-state index in [1.54, 1.807) is 6.07 Å². The normalized spacial score (nSPS) is 11.6. The van der Waals surface area contributed by atoms with Gasteiger partial charge in [0.25, 0.3) is 5.91 Å². The van der Waals surface area contributed by atoms with E-state index in [0.29, 0.717) is 12.1 Å². The molecule has 5 heteroatoms. The first-order valence-electron chi connectivity index (χ1n) is 7.44. The largest absolute Gasteiger partial charge is 0.370 e. The Morgan fingerprint density at radius 2 is 2.00 bits per heavy atom. The highest BCUT2D eigenvalue weighted by Gasteiger charge is 2.21. The number of rotatable bonds is 7. The van der Waals surface area contributed by atoms with Crippen LogP contribution in [0.5, 0.6) is 0 Å². The smallest absolute Gasteiger partial charge is 0.251 e. The molecule has 1 amide bonds. The molecule has 21 heavy (non-hydrogen) atoms. The molecule has 5 nitrogen and oxygen atoms in total. The zero-order chi connectivity index (χ0) is 16.0. The molecule has 118 valence electrons. The summed E-state index contributed by atoms with van der Waals surface area (Å²) in [7, 11) is 4.02. The second-order valence-electron chi connectivity index (χ2n) is 6.20. The number of hydrogen-bond acceptors (Lipinski definition) is 4. The molecule has 0 atom stereocenters. The summed E-state index contributed by atoms with van der Waals surface area (Å²) in [6, 6.07) is 3.62. The summed E-state index contributed by atoms with van der Waals surface area (Å²) in [5, 5.41) is 6.22. The standard InChI is InChI=1S/C16H28N4O/c1-7-8-17-14-10-13(9-12(2)19-14)15(21)18-11-16(3,4)20(5)6/h9-10H,7-8,11H2,1-6H3,(H,17,19)(H,18,21). The average Bonchev–Trinajstić information content (AvgIpc) is 2.41. The van der Waals surface area contributed by atoms with Gasteiger partial charge in [-0.15, -0.1) is 0 Å². The molecule has 0 aliphatic carbocycles. The Hall–Kier alpha value is -1.62. The van der Waals surface area contributed by atoms with E-state index < -0.39 is 0 Å². The van der Waals surface area contributed by atoms with Crippen LogP contribution in [0.2, 0.25) is 0 Å².